The van der Waals surface area contributed by atoms with E-state index in [1.807, 2.05) is 6.07 Å². The van der Waals surface area contributed by atoms with Crippen LogP contribution in [0.1, 0.15) is 47.2 Å². The number of carbonyl (C=O) groups excluding carboxylic acids is 1. The van der Waals surface area contributed by atoms with Gasteiger partial charge in [0.15, 0.2) is 11.6 Å². The van der Waals surface area contributed by atoms with Crippen molar-refractivity contribution in [3.05, 3.63) is 58.8 Å². The van der Waals surface area contributed by atoms with Gasteiger partial charge in [0, 0.05) is 40.2 Å². The van der Waals surface area contributed by atoms with Gasteiger partial charge < -0.3 is 14.5 Å². The van der Waals surface area contributed by atoms with Crippen molar-refractivity contribution >= 4 is 16.9 Å². The zero-order chi connectivity index (χ0) is 19.2. The Morgan fingerprint density at radius 3 is 2.74 bits per heavy atom. The summed E-state index contributed by atoms with van der Waals surface area (Å²) in [5.74, 6) is -0.649. The smallest absolute Gasteiger partial charge is 0.356 e. The first-order valence-electron chi connectivity index (χ1n) is 8.88. The van der Waals surface area contributed by atoms with Crippen molar-refractivity contribution in [2.24, 2.45) is 0 Å². The van der Waals surface area contributed by atoms with Crippen LogP contribution in [0.2, 0.25) is 0 Å². The molecule has 0 amide bonds. The van der Waals surface area contributed by atoms with E-state index in [2.05, 4.69) is 16.9 Å². The fourth-order valence-electron chi connectivity index (χ4n) is 3.52. The Bertz CT molecular complexity index is 1040. The second kappa shape index (κ2) is 6.37. The predicted octanol–water partition coefficient (Wildman–Crippen LogP) is 4.14. The Morgan fingerprint density at radius 1 is 1.30 bits per heavy atom. The topological polar surface area (TPSA) is 64.2 Å². The lowest BCUT2D eigenvalue weighted by molar-refractivity contribution is 0.0593. The van der Waals surface area contributed by atoms with E-state index < -0.39 is 11.8 Å². The van der Waals surface area contributed by atoms with Crippen molar-refractivity contribution < 1.29 is 18.7 Å². The molecule has 0 bridgehead atoms. The number of esters is 1. The monoisotopic (exact) mass is 368 g/mol. The van der Waals surface area contributed by atoms with Gasteiger partial charge in [0.05, 0.1) is 14.2 Å². The second-order valence-electron chi connectivity index (χ2n) is 7.25. The van der Waals surface area contributed by atoms with Crippen LogP contribution < -0.4 is 4.74 Å². The molecule has 2 heterocycles. The van der Waals surface area contributed by atoms with E-state index >= 15 is 0 Å². The first kappa shape index (κ1) is 17.5. The summed E-state index contributed by atoms with van der Waals surface area (Å²) in [6.07, 6.45) is 2.67. The predicted molar refractivity (Wildman–Crippen MR) is 99.8 cm³/mol. The van der Waals surface area contributed by atoms with Gasteiger partial charge in [0.2, 0.25) is 0 Å². The van der Waals surface area contributed by atoms with Gasteiger partial charge in [0.1, 0.15) is 5.69 Å². The van der Waals surface area contributed by atoms with E-state index in [0.717, 1.165) is 40.7 Å². The molecular weight excluding hydrogens is 347 g/mol. The third-order valence-electron chi connectivity index (χ3n) is 5.34. The number of pyridine rings is 1. The maximum absolute atomic E-state index is 14.4. The van der Waals surface area contributed by atoms with Crippen LogP contribution in [-0.2, 0) is 16.6 Å². The average molecular weight is 368 g/mol. The van der Waals surface area contributed by atoms with Crippen LogP contribution in [0.3, 0.4) is 0 Å². The van der Waals surface area contributed by atoms with Crippen molar-refractivity contribution in [2.45, 2.75) is 31.6 Å². The molecule has 1 aromatic carbocycles. The van der Waals surface area contributed by atoms with Gasteiger partial charge in [-0.25, -0.2) is 14.2 Å². The van der Waals surface area contributed by atoms with Crippen molar-refractivity contribution in [3.8, 4) is 5.75 Å². The highest BCUT2D eigenvalue weighted by Gasteiger charge is 2.42. The number of benzene rings is 1. The summed E-state index contributed by atoms with van der Waals surface area (Å²) in [6, 6.07) is 8.48. The number of hydrogen-bond acceptors (Lipinski definition) is 4. The molecule has 0 radical (unpaired) electrons. The largest absolute Gasteiger partial charge is 0.494 e. The Morgan fingerprint density at radius 2 is 2.07 bits per heavy atom. The number of ether oxygens (including phenoxy) is 2. The van der Waals surface area contributed by atoms with E-state index in [1.165, 1.54) is 20.3 Å². The van der Waals surface area contributed by atoms with Crippen LogP contribution in [0.15, 0.2) is 30.3 Å². The molecule has 3 aromatic rings. The molecule has 0 aliphatic heterocycles. The normalized spacial score (nSPS) is 15.0. The average Bonchev–Trinajstić information content (AvgIpc) is 3.33. The molecule has 5 nitrogen and oxygen atoms in total. The van der Waals surface area contributed by atoms with Gasteiger partial charge in [-0.05, 0) is 36.6 Å². The second-order valence-corrected chi connectivity index (χ2v) is 7.25. The van der Waals surface area contributed by atoms with Gasteiger partial charge in [-0.15, -0.1) is 0 Å². The number of rotatable bonds is 5. The summed E-state index contributed by atoms with van der Waals surface area (Å²) < 4.78 is 24.2. The summed E-state index contributed by atoms with van der Waals surface area (Å²) in [6.45, 7) is 2.20. The lowest BCUT2D eigenvalue weighted by Gasteiger charge is -2.11. The molecule has 4 rings (SSSR count). The third kappa shape index (κ3) is 3.05. The van der Waals surface area contributed by atoms with E-state index in [9.17, 15) is 9.18 Å². The van der Waals surface area contributed by atoms with E-state index in [-0.39, 0.29) is 16.9 Å². The number of H-pyrrole nitrogens is 1. The van der Waals surface area contributed by atoms with Crippen LogP contribution >= 0.6 is 0 Å². The lowest BCUT2D eigenvalue weighted by atomic mass is 9.96. The van der Waals surface area contributed by atoms with E-state index in [0.29, 0.717) is 6.42 Å². The number of aromatic nitrogens is 2. The highest BCUT2D eigenvalue weighted by molar-refractivity contribution is 5.88. The van der Waals surface area contributed by atoms with Gasteiger partial charge >= 0.3 is 5.97 Å². The zero-order valence-electron chi connectivity index (χ0n) is 15.6. The van der Waals surface area contributed by atoms with Crippen molar-refractivity contribution in [2.75, 3.05) is 14.2 Å². The number of carbonyl (C=O) groups is 1. The molecule has 27 heavy (non-hydrogen) atoms. The first-order chi connectivity index (χ1) is 12.9. The molecular formula is C21H21FN2O3. The molecule has 6 heteroatoms. The van der Waals surface area contributed by atoms with Crippen molar-refractivity contribution in [1.82, 2.24) is 9.97 Å². The van der Waals surface area contributed by atoms with Gasteiger partial charge in [-0.3, -0.25) is 0 Å². The number of halogens is 1. The van der Waals surface area contributed by atoms with E-state index in [1.54, 1.807) is 18.2 Å². The number of fused-ring (bicyclic) bond motifs is 1. The first-order valence-corrected chi connectivity index (χ1v) is 8.88. The van der Waals surface area contributed by atoms with Gasteiger partial charge in [-0.2, -0.15) is 0 Å². The molecule has 1 aliphatic carbocycles. The molecule has 0 unspecified atom stereocenters. The molecule has 1 saturated carbocycles. The molecule has 0 spiro atoms. The number of nitrogens with zero attached hydrogens (tertiary/aromatic N) is 1. The summed E-state index contributed by atoms with van der Waals surface area (Å²) >= 11 is 0. The van der Waals surface area contributed by atoms with Gasteiger partial charge in [0.25, 0.3) is 0 Å². The maximum Gasteiger partial charge on any atom is 0.356 e. The Balaban J connectivity index is 1.83. The Hall–Kier alpha value is -2.89. The summed E-state index contributed by atoms with van der Waals surface area (Å²) in [7, 11) is 2.79. The summed E-state index contributed by atoms with van der Waals surface area (Å²) in [5, 5.41) is 0.821. The fraction of sp³-hybridized carbons (Fsp3) is 0.333. The minimum absolute atomic E-state index is 0.0675. The number of hydrogen-bond donors (Lipinski definition) is 1. The summed E-state index contributed by atoms with van der Waals surface area (Å²) in [5.41, 5.74) is 4.03. The van der Waals surface area contributed by atoms with Crippen molar-refractivity contribution in [1.29, 1.82) is 0 Å². The number of aromatic amines is 1. The molecule has 0 atom stereocenters. The van der Waals surface area contributed by atoms with Crippen LogP contribution in [0.5, 0.6) is 5.75 Å². The zero-order valence-corrected chi connectivity index (χ0v) is 15.6. The lowest BCUT2D eigenvalue weighted by Crippen LogP contribution is -2.08. The van der Waals surface area contributed by atoms with Crippen LogP contribution in [0, 0.1) is 5.82 Å². The van der Waals surface area contributed by atoms with E-state index in [4.69, 9.17) is 9.47 Å². The highest BCUT2D eigenvalue weighted by atomic mass is 19.1. The minimum atomic E-state index is -0.471. The molecule has 0 saturated heterocycles. The molecule has 1 aliphatic rings. The summed E-state index contributed by atoms with van der Waals surface area (Å²) in [4.78, 5) is 19.7. The molecule has 1 N–H and O–H groups in total. The third-order valence-corrected chi connectivity index (χ3v) is 5.34. The van der Waals surface area contributed by atoms with Crippen molar-refractivity contribution in [3.63, 3.8) is 0 Å². The molecule has 2 aromatic heterocycles. The SMILES string of the molecule is COC(=O)c1cccc(Cc2c(C3(C)CC3)[nH]c3cc(OC)c(F)cc23)n1. The van der Waals surface area contributed by atoms with Crippen LogP contribution in [0.25, 0.3) is 10.9 Å². The maximum atomic E-state index is 14.4. The molecule has 140 valence electrons. The number of nitrogens with one attached hydrogen (secondary N) is 1. The number of methoxy groups -OCH3 is 2. The van der Waals surface area contributed by atoms with Crippen LogP contribution in [0.4, 0.5) is 4.39 Å². The Kier molecular flexibility index (Phi) is 4.13. The molecule has 1 fully saturated rings. The van der Waals surface area contributed by atoms with Crippen LogP contribution in [-0.4, -0.2) is 30.2 Å². The van der Waals surface area contributed by atoms with Gasteiger partial charge in [-0.1, -0.05) is 13.0 Å². The fourth-order valence-corrected chi connectivity index (χ4v) is 3.52. The highest BCUT2D eigenvalue weighted by Crippen LogP contribution is 2.50. The standard InChI is InChI=1S/C21H21FN2O3/c1-21(7-8-21)19-14(9-12-5-4-6-16(23-12)20(25)27-3)13-10-15(22)18(26-2)11-17(13)24-19/h4-6,10-11,24H,7-9H2,1-3H3. The minimum Gasteiger partial charge on any atom is -0.494 e. The quantitative estimate of drug-likeness (QED) is 0.688. The Labute approximate surface area is 156 Å².